The maximum absolute atomic E-state index is 13.4. The molecule has 0 fully saturated rings. The van der Waals surface area contributed by atoms with Gasteiger partial charge in [-0.25, -0.2) is 9.59 Å². The third kappa shape index (κ3) is 24.2. The quantitative estimate of drug-likeness (QED) is 0.0157. The van der Waals surface area contributed by atoms with Crippen molar-refractivity contribution in [1.29, 1.82) is 0 Å². The molecule has 82 heavy (non-hydrogen) atoms. The molecule has 0 N–H and O–H groups in total. The normalized spacial score (nSPS) is 11.2. The molecule has 0 aliphatic rings. The third-order valence-corrected chi connectivity index (χ3v) is 13.7. The van der Waals surface area contributed by atoms with E-state index in [0.29, 0.717) is 94.4 Å². The molecular formula is C68H86N4O10. The van der Waals surface area contributed by atoms with Crippen LogP contribution < -0.4 is 37.9 Å². The zero-order valence-corrected chi connectivity index (χ0v) is 49.0. The van der Waals surface area contributed by atoms with Crippen LogP contribution in [0.5, 0.6) is 46.0 Å². The first-order chi connectivity index (χ1) is 40.3. The molecule has 0 saturated heterocycles. The van der Waals surface area contributed by atoms with Crippen LogP contribution in [0, 0.1) is 0 Å². The number of esters is 2. The molecule has 0 spiro atoms. The molecule has 0 atom stereocenters. The number of carbonyl (C=O) groups is 2. The van der Waals surface area contributed by atoms with Gasteiger partial charge < -0.3 is 37.9 Å². The van der Waals surface area contributed by atoms with Crippen LogP contribution in [0.15, 0.2) is 154 Å². The summed E-state index contributed by atoms with van der Waals surface area (Å²) in [5.74, 6) is 3.10. The summed E-state index contributed by atoms with van der Waals surface area (Å²) >= 11 is 0. The molecule has 0 bridgehead atoms. The monoisotopic (exact) mass is 1120 g/mol. The van der Waals surface area contributed by atoms with Crippen LogP contribution in [0.1, 0.15) is 176 Å². The van der Waals surface area contributed by atoms with Gasteiger partial charge in [-0.3, -0.25) is 0 Å². The van der Waals surface area contributed by atoms with Gasteiger partial charge in [-0.15, -0.1) is 10.2 Å². The number of hydrogen-bond donors (Lipinski definition) is 0. The molecule has 0 heterocycles. The van der Waals surface area contributed by atoms with Crippen LogP contribution in [0.2, 0.25) is 0 Å². The Bertz CT molecular complexity index is 2610. The van der Waals surface area contributed by atoms with Gasteiger partial charge in [0.1, 0.15) is 45.9 Å². The minimum Gasteiger partial charge on any atom is -0.497 e. The van der Waals surface area contributed by atoms with E-state index < -0.39 is 11.9 Å². The SMILES string of the molecule is CCCCCCCCCCCCOc1ccc(C(=O)Oc2ccc(N=Nc3ccc(OC)cc3)c(OCCCCOc3cc(OC(=O)c4ccc(OCCCCCCCCCCCC)cc4)ccc3N=Nc3ccc(OC)cc3)c2)cc1. The van der Waals surface area contributed by atoms with Crippen LogP contribution >= 0.6 is 0 Å². The van der Waals surface area contributed by atoms with E-state index >= 15 is 0 Å². The molecule has 0 amide bonds. The van der Waals surface area contributed by atoms with Crippen molar-refractivity contribution in [1.82, 2.24) is 0 Å². The molecular weight excluding hydrogens is 1030 g/mol. The van der Waals surface area contributed by atoms with Gasteiger partial charge in [-0.05, 0) is 147 Å². The molecule has 0 saturated carbocycles. The first-order valence-electron chi connectivity index (χ1n) is 29.9. The fraction of sp³-hybridized carbons (Fsp3) is 0.441. The highest BCUT2D eigenvalue weighted by Crippen LogP contribution is 2.36. The minimum atomic E-state index is -0.521. The zero-order valence-electron chi connectivity index (χ0n) is 49.0. The van der Waals surface area contributed by atoms with E-state index in [0.717, 1.165) is 25.7 Å². The van der Waals surface area contributed by atoms with Crippen LogP contribution in [0.25, 0.3) is 0 Å². The molecule has 0 unspecified atom stereocenters. The Balaban J connectivity index is 1.02. The van der Waals surface area contributed by atoms with Gasteiger partial charge in [0.15, 0.2) is 11.5 Å². The lowest BCUT2D eigenvalue weighted by Crippen LogP contribution is -2.09. The molecule has 0 aliphatic heterocycles. The summed E-state index contributed by atoms with van der Waals surface area (Å²) in [5.41, 5.74) is 2.89. The van der Waals surface area contributed by atoms with Crippen molar-refractivity contribution in [2.75, 3.05) is 40.6 Å². The zero-order chi connectivity index (χ0) is 57.7. The summed E-state index contributed by atoms with van der Waals surface area (Å²) in [7, 11) is 3.21. The third-order valence-electron chi connectivity index (χ3n) is 13.7. The minimum absolute atomic E-state index is 0.275. The number of benzene rings is 6. The first kappa shape index (κ1) is 63.4. The van der Waals surface area contributed by atoms with Gasteiger partial charge >= 0.3 is 11.9 Å². The fourth-order valence-electron chi connectivity index (χ4n) is 8.87. The van der Waals surface area contributed by atoms with Crippen LogP contribution in [-0.4, -0.2) is 52.6 Å². The van der Waals surface area contributed by atoms with Gasteiger partial charge in [-0.2, -0.15) is 10.2 Å². The predicted octanol–water partition coefficient (Wildman–Crippen LogP) is 19.8. The lowest BCUT2D eigenvalue weighted by atomic mass is 10.1. The Morgan fingerprint density at radius 3 is 0.951 bits per heavy atom. The number of methoxy groups -OCH3 is 2. The molecule has 6 rings (SSSR count). The summed E-state index contributed by atoms with van der Waals surface area (Å²) in [4.78, 5) is 26.7. The summed E-state index contributed by atoms with van der Waals surface area (Å²) in [6.45, 7) is 6.33. The predicted molar refractivity (Wildman–Crippen MR) is 325 cm³/mol. The van der Waals surface area contributed by atoms with E-state index in [1.165, 1.54) is 103 Å². The highest BCUT2D eigenvalue weighted by molar-refractivity contribution is 5.92. The number of hydrogen-bond acceptors (Lipinski definition) is 14. The summed E-state index contributed by atoms with van der Waals surface area (Å²) in [6, 6.07) is 38.4. The maximum Gasteiger partial charge on any atom is 0.343 e. The molecule has 14 heteroatoms. The topological polar surface area (TPSA) is 157 Å². The Morgan fingerprint density at radius 1 is 0.317 bits per heavy atom. The molecule has 0 radical (unpaired) electrons. The van der Waals surface area contributed by atoms with Gasteiger partial charge in [0, 0.05) is 12.1 Å². The lowest BCUT2D eigenvalue weighted by molar-refractivity contribution is 0.0724. The Hall–Kier alpha value is -7.74. The van der Waals surface area contributed by atoms with E-state index in [1.54, 1.807) is 148 Å². The second kappa shape index (κ2) is 38.1. The standard InChI is InChI=1S/C68H86N4O10/c1-5-7-9-11-13-15-17-19-21-23-47-77-59-35-27-53(28-36-59)67(73)81-61-43-45-63(71-69-55-31-39-57(75-3)40-32-55)65(51-61)79-49-25-26-50-80-66-52-62(44-46-64(66)72-70-56-33-41-58(76-4)42-34-56)82-68(74)54-29-37-60(38-30-54)78-48-24-22-20-18-16-14-12-10-8-6-2/h27-46,51-52H,5-26,47-50H2,1-4H3. The van der Waals surface area contributed by atoms with E-state index in [1.807, 2.05) is 0 Å². The van der Waals surface area contributed by atoms with Crippen molar-refractivity contribution in [2.45, 2.75) is 155 Å². The average molecular weight is 1120 g/mol. The Kier molecular flexibility index (Phi) is 29.4. The maximum atomic E-state index is 13.4. The summed E-state index contributed by atoms with van der Waals surface area (Å²) in [6.07, 6.45) is 26.4. The van der Waals surface area contributed by atoms with Crippen LogP contribution in [-0.2, 0) is 0 Å². The summed E-state index contributed by atoms with van der Waals surface area (Å²) in [5, 5.41) is 17.8. The smallest absolute Gasteiger partial charge is 0.343 e. The van der Waals surface area contributed by atoms with Crippen molar-refractivity contribution >= 4 is 34.7 Å². The fourth-order valence-corrected chi connectivity index (χ4v) is 8.87. The van der Waals surface area contributed by atoms with Gasteiger partial charge in [0.2, 0.25) is 0 Å². The van der Waals surface area contributed by atoms with Crippen molar-refractivity contribution < 1.29 is 47.5 Å². The van der Waals surface area contributed by atoms with Crippen LogP contribution in [0.3, 0.4) is 0 Å². The summed E-state index contributed by atoms with van der Waals surface area (Å²) < 4.78 is 46.8. The first-order valence-corrected chi connectivity index (χ1v) is 29.9. The van der Waals surface area contributed by atoms with Crippen molar-refractivity contribution in [2.24, 2.45) is 20.5 Å². The van der Waals surface area contributed by atoms with Crippen molar-refractivity contribution in [3.63, 3.8) is 0 Å². The highest BCUT2D eigenvalue weighted by atomic mass is 16.5. The molecule has 6 aromatic carbocycles. The molecule has 0 aliphatic carbocycles. The number of unbranched alkanes of at least 4 members (excludes halogenated alkanes) is 19. The highest BCUT2D eigenvalue weighted by Gasteiger charge is 2.15. The van der Waals surface area contributed by atoms with E-state index in [4.69, 9.17) is 37.9 Å². The molecule has 0 aromatic heterocycles. The lowest BCUT2D eigenvalue weighted by Gasteiger charge is -2.13. The van der Waals surface area contributed by atoms with Crippen molar-refractivity contribution in [3.05, 3.63) is 145 Å². The average Bonchev–Trinajstić information content (AvgIpc) is 3.55. The molecule has 438 valence electrons. The van der Waals surface area contributed by atoms with Crippen LogP contribution in [0.4, 0.5) is 22.7 Å². The van der Waals surface area contributed by atoms with E-state index in [2.05, 4.69) is 34.3 Å². The number of rotatable bonds is 41. The van der Waals surface area contributed by atoms with Gasteiger partial charge in [0.25, 0.3) is 0 Å². The van der Waals surface area contributed by atoms with E-state index in [9.17, 15) is 9.59 Å². The largest absolute Gasteiger partial charge is 0.497 e. The Labute approximate surface area is 487 Å². The number of azo groups is 2. The second-order valence-corrected chi connectivity index (χ2v) is 20.3. The van der Waals surface area contributed by atoms with Gasteiger partial charge in [0.05, 0.1) is 63.1 Å². The van der Waals surface area contributed by atoms with Gasteiger partial charge in [-0.1, -0.05) is 129 Å². The number of carbonyl (C=O) groups excluding carboxylic acids is 2. The van der Waals surface area contributed by atoms with Crippen molar-refractivity contribution in [3.8, 4) is 46.0 Å². The number of ether oxygens (including phenoxy) is 8. The molecule has 6 aromatic rings. The second-order valence-electron chi connectivity index (χ2n) is 20.3. The number of nitrogens with zero attached hydrogens (tertiary/aromatic N) is 4. The van der Waals surface area contributed by atoms with E-state index in [-0.39, 0.29) is 24.7 Å². The Morgan fingerprint density at radius 2 is 0.610 bits per heavy atom. The molecule has 14 nitrogen and oxygen atoms in total.